The van der Waals surface area contributed by atoms with E-state index in [9.17, 15) is 9.18 Å². The summed E-state index contributed by atoms with van der Waals surface area (Å²) in [4.78, 5) is 11.5. The van der Waals surface area contributed by atoms with Crippen LogP contribution in [0.15, 0.2) is 24.3 Å². The summed E-state index contributed by atoms with van der Waals surface area (Å²) >= 11 is 0. The second-order valence-corrected chi connectivity index (χ2v) is 3.66. The Kier molecular flexibility index (Phi) is 2.97. The van der Waals surface area contributed by atoms with E-state index in [1.807, 2.05) is 0 Å². The SMILES string of the molecule is O=C(NCC1CCN1)c1ccc(F)cc1. The first-order chi connectivity index (χ1) is 7.25. The number of halogens is 1. The fraction of sp³-hybridized carbons (Fsp3) is 0.364. The molecular weight excluding hydrogens is 195 g/mol. The van der Waals surface area contributed by atoms with Crippen molar-refractivity contribution >= 4 is 5.91 Å². The molecule has 1 aliphatic heterocycles. The molecule has 1 fully saturated rings. The maximum absolute atomic E-state index is 12.6. The third-order valence-corrected chi connectivity index (χ3v) is 2.54. The van der Waals surface area contributed by atoms with Crippen LogP contribution in [0.3, 0.4) is 0 Å². The summed E-state index contributed by atoms with van der Waals surface area (Å²) in [6.07, 6.45) is 1.10. The normalized spacial score (nSPS) is 19.4. The van der Waals surface area contributed by atoms with Crippen molar-refractivity contribution in [2.24, 2.45) is 0 Å². The highest BCUT2D eigenvalue weighted by atomic mass is 19.1. The summed E-state index contributed by atoms with van der Waals surface area (Å²) in [5.41, 5.74) is 0.496. The lowest BCUT2D eigenvalue weighted by atomic mass is 10.1. The van der Waals surface area contributed by atoms with Crippen molar-refractivity contribution in [3.63, 3.8) is 0 Å². The quantitative estimate of drug-likeness (QED) is 0.775. The largest absolute Gasteiger partial charge is 0.350 e. The Hall–Kier alpha value is -1.42. The highest BCUT2D eigenvalue weighted by molar-refractivity contribution is 5.94. The summed E-state index contributed by atoms with van der Waals surface area (Å²) in [7, 11) is 0. The number of carbonyl (C=O) groups is 1. The van der Waals surface area contributed by atoms with Crippen molar-refractivity contribution in [2.75, 3.05) is 13.1 Å². The van der Waals surface area contributed by atoms with Crippen molar-refractivity contribution in [3.8, 4) is 0 Å². The standard InChI is InChI=1S/C11H13FN2O/c12-9-3-1-8(2-4-9)11(15)14-7-10-5-6-13-10/h1-4,10,13H,5-7H2,(H,14,15). The van der Waals surface area contributed by atoms with Crippen LogP contribution in [0.2, 0.25) is 0 Å². The van der Waals surface area contributed by atoms with Crippen LogP contribution in [0.25, 0.3) is 0 Å². The molecule has 0 spiro atoms. The molecule has 0 aliphatic carbocycles. The molecule has 1 heterocycles. The molecule has 1 unspecified atom stereocenters. The zero-order valence-corrected chi connectivity index (χ0v) is 8.29. The maximum Gasteiger partial charge on any atom is 0.251 e. The molecule has 1 aromatic carbocycles. The molecule has 0 saturated carbocycles. The summed E-state index contributed by atoms with van der Waals surface area (Å²) in [6, 6.07) is 5.94. The van der Waals surface area contributed by atoms with Gasteiger partial charge < -0.3 is 10.6 Å². The minimum atomic E-state index is -0.327. The van der Waals surface area contributed by atoms with Gasteiger partial charge in [-0.1, -0.05) is 0 Å². The van der Waals surface area contributed by atoms with Gasteiger partial charge in [-0.05, 0) is 37.2 Å². The third kappa shape index (κ3) is 2.53. The molecule has 2 N–H and O–H groups in total. The Bertz CT molecular complexity index is 346. The van der Waals surface area contributed by atoms with E-state index in [0.717, 1.165) is 13.0 Å². The molecule has 80 valence electrons. The Morgan fingerprint density at radius 2 is 2.13 bits per heavy atom. The molecular formula is C11H13FN2O. The first kappa shape index (κ1) is 10.1. The highest BCUT2D eigenvalue weighted by Gasteiger charge is 2.16. The number of hydrogen-bond donors (Lipinski definition) is 2. The lowest BCUT2D eigenvalue weighted by Crippen LogP contribution is -2.50. The van der Waals surface area contributed by atoms with Crippen LogP contribution >= 0.6 is 0 Å². The topological polar surface area (TPSA) is 41.1 Å². The van der Waals surface area contributed by atoms with Gasteiger partial charge in [0.1, 0.15) is 5.82 Å². The number of amides is 1. The van der Waals surface area contributed by atoms with Crippen LogP contribution in [0.1, 0.15) is 16.8 Å². The number of carbonyl (C=O) groups excluding carboxylic acids is 1. The van der Waals surface area contributed by atoms with Crippen molar-refractivity contribution in [3.05, 3.63) is 35.6 Å². The minimum Gasteiger partial charge on any atom is -0.350 e. The van der Waals surface area contributed by atoms with Gasteiger partial charge in [0.15, 0.2) is 0 Å². The van der Waals surface area contributed by atoms with E-state index in [1.54, 1.807) is 0 Å². The van der Waals surface area contributed by atoms with E-state index in [-0.39, 0.29) is 11.7 Å². The molecule has 4 heteroatoms. The minimum absolute atomic E-state index is 0.149. The molecule has 0 radical (unpaired) electrons. The van der Waals surface area contributed by atoms with Crippen LogP contribution in [0, 0.1) is 5.82 Å². The van der Waals surface area contributed by atoms with Crippen molar-refractivity contribution in [2.45, 2.75) is 12.5 Å². The molecule has 2 rings (SSSR count). The third-order valence-electron chi connectivity index (χ3n) is 2.54. The Balaban J connectivity index is 1.86. The monoisotopic (exact) mass is 208 g/mol. The zero-order valence-electron chi connectivity index (χ0n) is 8.29. The smallest absolute Gasteiger partial charge is 0.251 e. The Labute approximate surface area is 87.7 Å². The molecule has 1 aromatic rings. The first-order valence-corrected chi connectivity index (χ1v) is 5.03. The first-order valence-electron chi connectivity index (χ1n) is 5.03. The van der Waals surface area contributed by atoms with Crippen LogP contribution in [-0.2, 0) is 0 Å². The van der Waals surface area contributed by atoms with Crippen LogP contribution < -0.4 is 10.6 Å². The van der Waals surface area contributed by atoms with Crippen molar-refractivity contribution in [1.82, 2.24) is 10.6 Å². The van der Waals surface area contributed by atoms with Gasteiger partial charge in [0.05, 0.1) is 0 Å². The van der Waals surface area contributed by atoms with Gasteiger partial charge >= 0.3 is 0 Å². The molecule has 15 heavy (non-hydrogen) atoms. The number of hydrogen-bond acceptors (Lipinski definition) is 2. The molecule has 3 nitrogen and oxygen atoms in total. The molecule has 0 aromatic heterocycles. The Morgan fingerprint density at radius 1 is 1.47 bits per heavy atom. The van der Waals surface area contributed by atoms with E-state index in [4.69, 9.17) is 0 Å². The number of nitrogens with one attached hydrogen (secondary N) is 2. The summed E-state index contributed by atoms with van der Waals surface area (Å²) < 4.78 is 12.6. The van der Waals surface area contributed by atoms with Gasteiger partial charge in [0.2, 0.25) is 0 Å². The lowest BCUT2D eigenvalue weighted by Gasteiger charge is -2.27. The van der Waals surface area contributed by atoms with Gasteiger partial charge in [-0.2, -0.15) is 0 Å². The Morgan fingerprint density at radius 3 is 2.67 bits per heavy atom. The number of rotatable bonds is 3. The summed E-state index contributed by atoms with van der Waals surface area (Å²) in [6.45, 7) is 1.66. The second-order valence-electron chi connectivity index (χ2n) is 3.66. The van der Waals surface area contributed by atoms with E-state index < -0.39 is 0 Å². The lowest BCUT2D eigenvalue weighted by molar-refractivity contribution is 0.0945. The van der Waals surface area contributed by atoms with E-state index >= 15 is 0 Å². The molecule has 1 saturated heterocycles. The van der Waals surface area contributed by atoms with Crippen molar-refractivity contribution < 1.29 is 9.18 Å². The van der Waals surface area contributed by atoms with E-state index in [1.165, 1.54) is 24.3 Å². The molecule has 1 amide bonds. The van der Waals surface area contributed by atoms with Crippen LogP contribution in [-0.4, -0.2) is 25.0 Å². The van der Waals surface area contributed by atoms with Crippen molar-refractivity contribution in [1.29, 1.82) is 0 Å². The highest BCUT2D eigenvalue weighted by Crippen LogP contribution is 2.03. The average Bonchev–Trinajstić information content (AvgIpc) is 2.16. The number of benzene rings is 1. The second kappa shape index (κ2) is 4.40. The van der Waals surface area contributed by atoms with Gasteiger partial charge in [-0.25, -0.2) is 4.39 Å². The molecule has 1 atom stereocenters. The maximum atomic E-state index is 12.6. The predicted molar refractivity (Wildman–Crippen MR) is 55.1 cm³/mol. The summed E-state index contributed by atoms with van der Waals surface area (Å²) in [5, 5.41) is 5.98. The van der Waals surface area contributed by atoms with Gasteiger partial charge in [0, 0.05) is 18.2 Å². The van der Waals surface area contributed by atoms with Gasteiger partial charge in [-0.3, -0.25) is 4.79 Å². The van der Waals surface area contributed by atoms with Crippen LogP contribution in [0.5, 0.6) is 0 Å². The van der Waals surface area contributed by atoms with E-state index in [0.29, 0.717) is 18.2 Å². The van der Waals surface area contributed by atoms with E-state index in [2.05, 4.69) is 10.6 Å². The summed E-state index contributed by atoms with van der Waals surface area (Å²) in [5.74, 6) is -0.476. The average molecular weight is 208 g/mol. The predicted octanol–water partition coefficient (Wildman–Crippen LogP) is 0.917. The van der Waals surface area contributed by atoms with Crippen LogP contribution in [0.4, 0.5) is 4.39 Å². The van der Waals surface area contributed by atoms with Gasteiger partial charge in [-0.15, -0.1) is 0 Å². The fourth-order valence-corrected chi connectivity index (χ4v) is 1.44. The molecule has 0 bridgehead atoms. The molecule has 1 aliphatic rings. The fourth-order valence-electron chi connectivity index (χ4n) is 1.44. The zero-order chi connectivity index (χ0) is 10.7. The van der Waals surface area contributed by atoms with Gasteiger partial charge in [0.25, 0.3) is 5.91 Å².